The van der Waals surface area contributed by atoms with Gasteiger partial charge in [-0.15, -0.1) is 11.3 Å². The van der Waals surface area contributed by atoms with E-state index in [-0.39, 0.29) is 17.0 Å². The van der Waals surface area contributed by atoms with Gasteiger partial charge in [-0.2, -0.15) is 0 Å². The number of nitrogens with zero attached hydrogens (tertiary/aromatic N) is 2. The molecule has 2 heterocycles. The van der Waals surface area contributed by atoms with Gasteiger partial charge in [-0.3, -0.25) is 14.2 Å². The molecule has 4 aromatic rings. The van der Waals surface area contributed by atoms with Crippen molar-refractivity contribution in [2.24, 2.45) is 0 Å². The van der Waals surface area contributed by atoms with Crippen LogP contribution in [0.15, 0.2) is 74.4 Å². The predicted molar refractivity (Wildman–Crippen MR) is 119 cm³/mol. The SMILES string of the molecule is O=C(CSc1nc2ccsc2c(=O)n1-c1ccccc1)Nc1ccc(Br)cc1F. The molecule has 9 heteroatoms. The molecule has 29 heavy (non-hydrogen) atoms. The molecule has 0 unspecified atom stereocenters. The van der Waals surface area contributed by atoms with E-state index in [2.05, 4.69) is 26.2 Å². The van der Waals surface area contributed by atoms with E-state index in [0.29, 0.717) is 25.5 Å². The van der Waals surface area contributed by atoms with Crippen LogP contribution in [-0.2, 0) is 4.79 Å². The Bertz CT molecular complexity index is 1260. The summed E-state index contributed by atoms with van der Waals surface area (Å²) in [5.74, 6) is -0.947. The van der Waals surface area contributed by atoms with Crippen molar-refractivity contribution < 1.29 is 9.18 Å². The van der Waals surface area contributed by atoms with Crippen LogP contribution in [-0.4, -0.2) is 21.2 Å². The fourth-order valence-corrected chi connectivity index (χ4v) is 4.61. The zero-order valence-corrected chi connectivity index (χ0v) is 18.0. The zero-order chi connectivity index (χ0) is 20.4. The van der Waals surface area contributed by atoms with Crippen LogP contribution in [0.5, 0.6) is 0 Å². The van der Waals surface area contributed by atoms with Gasteiger partial charge in [0.05, 0.1) is 22.6 Å². The number of halogens is 2. The normalized spacial score (nSPS) is 11.0. The second kappa shape index (κ2) is 8.48. The lowest BCUT2D eigenvalue weighted by atomic mass is 10.3. The van der Waals surface area contributed by atoms with Crippen molar-refractivity contribution in [2.75, 3.05) is 11.1 Å². The lowest BCUT2D eigenvalue weighted by molar-refractivity contribution is -0.113. The van der Waals surface area contributed by atoms with Crippen LogP contribution in [0.3, 0.4) is 0 Å². The molecule has 0 saturated carbocycles. The number of carbonyl (C=O) groups excluding carboxylic acids is 1. The van der Waals surface area contributed by atoms with Gasteiger partial charge in [-0.25, -0.2) is 9.37 Å². The molecule has 0 fully saturated rings. The molecule has 0 aliphatic carbocycles. The van der Waals surface area contributed by atoms with Crippen LogP contribution in [0.4, 0.5) is 10.1 Å². The summed E-state index contributed by atoms with van der Waals surface area (Å²) in [6.45, 7) is 0. The number of hydrogen-bond acceptors (Lipinski definition) is 5. The number of aromatic nitrogens is 2. The van der Waals surface area contributed by atoms with E-state index in [4.69, 9.17) is 0 Å². The quantitative estimate of drug-likeness (QED) is 0.313. The monoisotopic (exact) mass is 489 g/mol. The number of carbonyl (C=O) groups is 1. The number of rotatable bonds is 5. The molecular weight excluding hydrogens is 477 g/mol. The molecule has 4 rings (SSSR count). The summed E-state index contributed by atoms with van der Waals surface area (Å²) in [4.78, 5) is 29.9. The summed E-state index contributed by atoms with van der Waals surface area (Å²) >= 11 is 5.63. The van der Waals surface area contributed by atoms with Gasteiger partial charge in [0.15, 0.2) is 5.16 Å². The highest BCUT2D eigenvalue weighted by atomic mass is 79.9. The van der Waals surface area contributed by atoms with Crippen LogP contribution in [0, 0.1) is 5.82 Å². The highest BCUT2D eigenvalue weighted by Gasteiger charge is 2.16. The van der Waals surface area contributed by atoms with E-state index in [0.717, 1.165) is 11.8 Å². The number of fused-ring (bicyclic) bond motifs is 1. The summed E-state index contributed by atoms with van der Waals surface area (Å²) in [5.41, 5.74) is 1.18. The number of para-hydroxylation sites is 1. The van der Waals surface area contributed by atoms with Gasteiger partial charge in [-0.05, 0) is 41.8 Å². The first-order valence-electron chi connectivity index (χ1n) is 8.46. The van der Waals surface area contributed by atoms with E-state index in [9.17, 15) is 14.0 Å². The Balaban J connectivity index is 1.62. The van der Waals surface area contributed by atoms with E-state index >= 15 is 0 Å². The first-order valence-corrected chi connectivity index (χ1v) is 11.1. The molecule has 1 N–H and O–H groups in total. The minimum Gasteiger partial charge on any atom is -0.323 e. The molecule has 0 radical (unpaired) electrons. The Morgan fingerprint density at radius 1 is 1.21 bits per heavy atom. The van der Waals surface area contributed by atoms with Crippen molar-refractivity contribution in [3.05, 3.63) is 80.6 Å². The van der Waals surface area contributed by atoms with Crippen molar-refractivity contribution in [1.82, 2.24) is 9.55 Å². The summed E-state index contributed by atoms with van der Waals surface area (Å²) < 4.78 is 16.6. The molecule has 0 bridgehead atoms. The van der Waals surface area contributed by atoms with Gasteiger partial charge >= 0.3 is 0 Å². The minimum absolute atomic E-state index is 0.0234. The zero-order valence-electron chi connectivity index (χ0n) is 14.8. The maximum Gasteiger partial charge on any atom is 0.276 e. The highest BCUT2D eigenvalue weighted by Crippen LogP contribution is 2.24. The lowest BCUT2D eigenvalue weighted by Crippen LogP contribution is -2.22. The van der Waals surface area contributed by atoms with Crippen molar-refractivity contribution in [3.63, 3.8) is 0 Å². The number of hydrogen-bond donors (Lipinski definition) is 1. The molecular formula is C20H13BrFN3O2S2. The van der Waals surface area contributed by atoms with Crippen molar-refractivity contribution in [1.29, 1.82) is 0 Å². The van der Waals surface area contributed by atoms with Crippen molar-refractivity contribution in [2.45, 2.75) is 5.16 Å². The number of anilines is 1. The summed E-state index contributed by atoms with van der Waals surface area (Å²) in [6, 6.07) is 15.3. The van der Waals surface area contributed by atoms with Crippen molar-refractivity contribution >= 4 is 60.8 Å². The standard InChI is InChI=1S/C20H13BrFN3O2S2/c21-12-6-7-15(14(22)10-12)23-17(26)11-29-20-24-16-8-9-28-18(16)19(27)25(20)13-4-2-1-3-5-13/h1-10H,11H2,(H,23,26). The molecule has 1 amide bonds. The minimum atomic E-state index is -0.531. The maximum absolute atomic E-state index is 13.9. The van der Waals surface area contributed by atoms with Gasteiger partial charge in [-0.1, -0.05) is 45.9 Å². The fraction of sp³-hybridized carbons (Fsp3) is 0.0500. The van der Waals surface area contributed by atoms with E-state index in [1.54, 1.807) is 12.1 Å². The average molecular weight is 490 g/mol. The van der Waals surface area contributed by atoms with E-state index in [1.807, 2.05) is 35.7 Å². The summed E-state index contributed by atoms with van der Waals surface area (Å²) in [6.07, 6.45) is 0. The van der Waals surface area contributed by atoms with Gasteiger partial charge in [0.1, 0.15) is 10.5 Å². The Hall–Kier alpha value is -2.49. The van der Waals surface area contributed by atoms with E-state index < -0.39 is 11.7 Å². The molecule has 0 atom stereocenters. The molecule has 2 aromatic carbocycles. The largest absolute Gasteiger partial charge is 0.323 e. The van der Waals surface area contributed by atoms with Crippen molar-refractivity contribution in [3.8, 4) is 5.69 Å². The molecule has 0 aliphatic rings. The summed E-state index contributed by atoms with van der Waals surface area (Å²) in [7, 11) is 0. The first-order chi connectivity index (χ1) is 14.0. The van der Waals surface area contributed by atoms with Crippen LogP contribution in [0.2, 0.25) is 0 Å². The number of nitrogens with one attached hydrogen (secondary N) is 1. The van der Waals surface area contributed by atoms with Crippen LogP contribution in [0.1, 0.15) is 0 Å². The third-order valence-electron chi connectivity index (χ3n) is 4.00. The lowest BCUT2D eigenvalue weighted by Gasteiger charge is -2.12. The average Bonchev–Trinajstić information content (AvgIpc) is 3.18. The second-order valence-corrected chi connectivity index (χ2v) is 8.74. The van der Waals surface area contributed by atoms with E-state index in [1.165, 1.54) is 28.0 Å². The summed E-state index contributed by atoms with van der Waals surface area (Å²) in [5, 5.41) is 4.76. The van der Waals surface area contributed by atoms with Crippen LogP contribution < -0.4 is 10.9 Å². The Labute approximate surface area is 181 Å². The Morgan fingerprint density at radius 3 is 2.76 bits per heavy atom. The fourth-order valence-electron chi connectivity index (χ4n) is 2.70. The number of thioether (sulfide) groups is 1. The van der Waals surface area contributed by atoms with Gasteiger partial charge < -0.3 is 5.32 Å². The number of thiophene rings is 1. The van der Waals surface area contributed by atoms with Crippen LogP contribution in [0.25, 0.3) is 15.9 Å². The topological polar surface area (TPSA) is 64.0 Å². The Morgan fingerprint density at radius 2 is 2.00 bits per heavy atom. The highest BCUT2D eigenvalue weighted by molar-refractivity contribution is 9.10. The first kappa shape index (κ1) is 19.8. The number of benzene rings is 2. The molecule has 146 valence electrons. The third kappa shape index (κ3) is 4.26. The molecule has 0 saturated heterocycles. The maximum atomic E-state index is 13.9. The molecule has 5 nitrogen and oxygen atoms in total. The van der Waals surface area contributed by atoms with Gasteiger partial charge in [0.25, 0.3) is 5.56 Å². The molecule has 0 aliphatic heterocycles. The Kier molecular flexibility index (Phi) is 5.79. The van der Waals surface area contributed by atoms with Crippen LogP contribution >= 0.6 is 39.0 Å². The molecule has 2 aromatic heterocycles. The third-order valence-corrected chi connectivity index (χ3v) is 6.32. The predicted octanol–water partition coefficient (Wildman–Crippen LogP) is 5.08. The smallest absolute Gasteiger partial charge is 0.276 e. The van der Waals surface area contributed by atoms with Gasteiger partial charge in [0.2, 0.25) is 5.91 Å². The second-order valence-electron chi connectivity index (χ2n) is 5.97. The molecule has 0 spiro atoms. The number of amides is 1. The van der Waals surface area contributed by atoms with Gasteiger partial charge in [0, 0.05) is 4.47 Å².